The number of nitrogens with one attached hydrogen (secondary N) is 1. The van der Waals surface area contributed by atoms with Crippen LogP contribution in [0.2, 0.25) is 0 Å². The molecule has 0 radical (unpaired) electrons. The minimum absolute atomic E-state index is 0.208. The third-order valence-electron chi connectivity index (χ3n) is 3.07. The van der Waals surface area contributed by atoms with Crippen LogP contribution >= 0.6 is 0 Å². The molecule has 0 fully saturated rings. The fraction of sp³-hybridized carbons (Fsp3) is 0.571. The lowest BCUT2D eigenvalue weighted by Crippen LogP contribution is -2.29. The van der Waals surface area contributed by atoms with E-state index in [4.69, 9.17) is 10.6 Å². The minimum atomic E-state index is 0.208. The van der Waals surface area contributed by atoms with Gasteiger partial charge < -0.3 is 4.74 Å². The molecule has 0 aliphatic rings. The Labute approximate surface area is 104 Å². The first-order valence-electron chi connectivity index (χ1n) is 6.10. The van der Waals surface area contributed by atoms with E-state index in [1.54, 1.807) is 7.11 Å². The molecule has 0 saturated carbocycles. The van der Waals surface area contributed by atoms with Gasteiger partial charge in [0.2, 0.25) is 0 Å². The van der Waals surface area contributed by atoms with Gasteiger partial charge in [-0.3, -0.25) is 11.3 Å². The van der Waals surface area contributed by atoms with Crippen LogP contribution in [0.3, 0.4) is 0 Å². The number of nitrogens with two attached hydrogens (primary N) is 1. The van der Waals surface area contributed by atoms with Gasteiger partial charge >= 0.3 is 0 Å². The Balaban J connectivity index is 3.07. The zero-order valence-electron chi connectivity index (χ0n) is 11.5. The lowest BCUT2D eigenvalue weighted by molar-refractivity contribution is 0.408. The summed E-state index contributed by atoms with van der Waals surface area (Å²) in [4.78, 5) is 0. The molecule has 1 rings (SSSR count). The van der Waals surface area contributed by atoms with Crippen LogP contribution in [-0.2, 0) is 0 Å². The Bertz CT molecular complexity index is 375. The lowest BCUT2D eigenvalue weighted by Gasteiger charge is -2.22. The van der Waals surface area contributed by atoms with E-state index in [0.29, 0.717) is 5.92 Å². The summed E-state index contributed by atoms with van der Waals surface area (Å²) in [7, 11) is 1.70. The third-order valence-corrected chi connectivity index (χ3v) is 3.07. The van der Waals surface area contributed by atoms with Crippen LogP contribution in [0, 0.1) is 19.8 Å². The quantitative estimate of drug-likeness (QED) is 0.610. The van der Waals surface area contributed by atoms with Crippen molar-refractivity contribution >= 4 is 0 Å². The first-order chi connectivity index (χ1) is 7.99. The van der Waals surface area contributed by atoms with E-state index in [0.717, 1.165) is 17.7 Å². The molecule has 0 heterocycles. The van der Waals surface area contributed by atoms with Crippen molar-refractivity contribution in [2.75, 3.05) is 7.11 Å². The van der Waals surface area contributed by atoms with Crippen molar-refractivity contribution in [2.24, 2.45) is 11.8 Å². The van der Waals surface area contributed by atoms with Crippen molar-refractivity contribution in [1.29, 1.82) is 0 Å². The Hall–Kier alpha value is -1.06. The summed E-state index contributed by atoms with van der Waals surface area (Å²) < 4.78 is 5.32. The summed E-state index contributed by atoms with van der Waals surface area (Å²) in [6.45, 7) is 8.57. The summed E-state index contributed by atoms with van der Waals surface area (Å²) in [5.41, 5.74) is 6.55. The number of hydrogen-bond donors (Lipinski definition) is 2. The van der Waals surface area contributed by atoms with Crippen LogP contribution < -0.4 is 16.0 Å². The summed E-state index contributed by atoms with van der Waals surface area (Å²) in [5, 5.41) is 0. The van der Waals surface area contributed by atoms with Gasteiger partial charge in [-0.1, -0.05) is 19.9 Å². The van der Waals surface area contributed by atoms with E-state index in [9.17, 15) is 0 Å². The number of methoxy groups -OCH3 is 1. The highest BCUT2D eigenvalue weighted by molar-refractivity contribution is 5.42. The molecule has 0 saturated heterocycles. The molecule has 96 valence electrons. The van der Waals surface area contributed by atoms with Crippen LogP contribution in [0.1, 0.15) is 43.0 Å². The van der Waals surface area contributed by atoms with Gasteiger partial charge in [-0.05, 0) is 48.9 Å². The SMILES string of the molecule is COc1cc(C)c(C(CC(C)C)NN)cc1C. The summed E-state index contributed by atoms with van der Waals surface area (Å²) >= 11 is 0. The Morgan fingerprint density at radius 2 is 1.88 bits per heavy atom. The molecular weight excluding hydrogens is 212 g/mol. The van der Waals surface area contributed by atoms with Crippen molar-refractivity contribution < 1.29 is 4.74 Å². The number of hydrazine groups is 1. The van der Waals surface area contributed by atoms with E-state index in [1.807, 2.05) is 0 Å². The molecule has 1 aromatic carbocycles. The van der Waals surface area contributed by atoms with Crippen molar-refractivity contribution in [3.63, 3.8) is 0 Å². The van der Waals surface area contributed by atoms with Gasteiger partial charge in [0.25, 0.3) is 0 Å². The van der Waals surface area contributed by atoms with Crippen molar-refractivity contribution in [2.45, 2.75) is 40.2 Å². The highest BCUT2D eigenvalue weighted by atomic mass is 16.5. The summed E-state index contributed by atoms with van der Waals surface area (Å²) in [6, 6.07) is 4.45. The largest absolute Gasteiger partial charge is 0.496 e. The molecule has 1 atom stereocenters. The second-order valence-corrected chi connectivity index (χ2v) is 5.03. The second-order valence-electron chi connectivity index (χ2n) is 5.03. The highest BCUT2D eigenvalue weighted by Gasteiger charge is 2.15. The third kappa shape index (κ3) is 3.45. The molecule has 17 heavy (non-hydrogen) atoms. The molecular formula is C14H24N2O. The van der Waals surface area contributed by atoms with Gasteiger partial charge in [0, 0.05) is 6.04 Å². The lowest BCUT2D eigenvalue weighted by atomic mass is 9.93. The molecule has 0 spiro atoms. The monoisotopic (exact) mass is 236 g/mol. The summed E-state index contributed by atoms with van der Waals surface area (Å²) in [5.74, 6) is 7.21. The van der Waals surface area contributed by atoms with Gasteiger partial charge in [0.05, 0.1) is 7.11 Å². The zero-order chi connectivity index (χ0) is 13.0. The fourth-order valence-corrected chi connectivity index (χ4v) is 2.16. The first kappa shape index (κ1) is 14.0. The maximum Gasteiger partial charge on any atom is 0.122 e. The van der Waals surface area contributed by atoms with E-state index < -0.39 is 0 Å². The molecule has 1 aromatic rings. The number of benzene rings is 1. The molecule has 1 unspecified atom stereocenters. The Morgan fingerprint density at radius 1 is 1.24 bits per heavy atom. The van der Waals surface area contributed by atoms with Gasteiger partial charge in [-0.2, -0.15) is 0 Å². The Morgan fingerprint density at radius 3 is 2.35 bits per heavy atom. The second kappa shape index (κ2) is 6.03. The van der Waals surface area contributed by atoms with Crippen LogP contribution in [0.15, 0.2) is 12.1 Å². The smallest absolute Gasteiger partial charge is 0.122 e. The van der Waals surface area contributed by atoms with E-state index >= 15 is 0 Å². The highest BCUT2D eigenvalue weighted by Crippen LogP contribution is 2.29. The van der Waals surface area contributed by atoms with Gasteiger partial charge in [-0.15, -0.1) is 0 Å². The van der Waals surface area contributed by atoms with Crippen molar-refractivity contribution in [3.05, 3.63) is 28.8 Å². The average Bonchev–Trinajstić information content (AvgIpc) is 2.28. The maximum atomic E-state index is 5.66. The minimum Gasteiger partial charge on any atom is -0.496 e. The molecule has 0 aliphatic carbocycles. The summed E-state index contributed by atoms with van der Waals surface area (Å²) in [6.07, 6.45) is 1.03. The van der Waals surface area contributed by atoms with Crippen LogP contribution in [0.4, 0.5) is 0 Å². The Kier molecular flexibility index (Phi) is 4.97. The average molecular weight is 236 g/mol. The molecule has 0 aliphatic heterocycles. The number of rotatable bonds is 5. The molecule has 3 N–H and O–H groups in total. The van der Waals surface area contributed by atoms with Gasteiger partial charge in [-0.25, -0.2) is 0 Å². The van der Waals surface area contributed by atoms with Crippen LogP contribution in [0.25, 0.3) is 0 Å². The van der Waals surface area contributed by atoms with E-state index in [-0.39, 0.29) is 6.04 Å². The fourth-order valence-electron chi connectivity index (χ4n) is 2.16. The molecule has 0 bridgehead atoms. The number of ether oxygens (including phenoxy) is 1. The molecule has 3 nitrogen and oxygen atoms in total. The van der Waals surface area contributed by atoms with E-state index in [1.165, 1.54) is 11.1 Å². The maximum absolute atomic E-state index is 5.66. The van der Waals surface area contributed by atoms with E-state index in [2.05, 4.69) is 45.3 Å². The van der Waals surface area contributed by atoms with Crippen LogP contribution in [0.5, 0.6) is 5.75 Å². The van der Waals surface area contributed by atoms with Crippen molar-refractivity contribution in [3.8, 4) is 5.75 Å². The number of hydrogen-bond acceptors (Lipinski definition) is 3. The van der Waals surface area contributed by atoms with Gasteiger partial charge in [0.1, 0.15) is 5.75 Å². The molecule has 0 aromatic heterocycles. The van der Waals surface area contributed by atoms with Crippen LogP contribution in [-0.4, -0.2) is 7.11 Å². The predicted octanol–water partition coefficient (Wildman–Crippen LogP) is 2.86. The molecule has 0 amide bonds. The number of aryl methyl sites for hydroxylation is 2. The predicted molar refractivity (Wildman–Crippen MR) is 72.0 cm³/mol. The normalized spacial score (nSPS) is 12.9. The topological polar surface area (TPSA) is 47.3 Å². The first-order valence-corrected chi connectivity index (χ1v) is 6.10. The van der Waals surface area contributed by atoms with Crippen molar-refractivity contribution in [1.82, 2.24) is 5.43 Å². The van der Waals surface area contributed by atoms with Gasteiger partial charge in [0.15, 0.2) is 0 Å². The zero-order valence-corrected chi connectivity index (χ0v) is 11.5. The standard InChI is InChI=1S/C14H24N2O/c1-9(2)6-13(16-15)12-7-11(4)14(17-5)8-10(12)3/h7-9,13,16H,6,15H2,1-5H3. The molecule has 3 heteroatoms.